The second-order valence-corrected chi connectivity index (χ2v) is 12.6. The summed E-state index contributed by atoms with van der Waals surface area (Å²) in [6.07, 6.45) is 8.00. The molecular weight excluding hydrogens is 516 g/mol. The Hall–Kier alpha value is -2.89. The highest BCUT2D eigenvalue weighted by Gasteiger charge is 2.28. The number of anilines is 1. The van der Waals surface area contributed by atoms with E-state index in [-0.39, 0.29) is 17.7 Å². The molecule has 3 heterocycles. The fourth-order valence-electron chi connectivity index (χ4n) is 5.34. The topological polar surface area (TPSA) is 107 Å². The number of amides is 2. The third-order valence-electron chi connectivity index (χ3n) is 7.64. The summed E-state index contributed by atoms with van der Waals surface area (Å²) in [6, 6.07) is 7.83. The van der Waals surface area contributed by atoms with Crippen LogP contribution in [-0.4, -0.2) is 96.9 Å². The van der Waals surface area contributed by atoms with Gasteiger partial charge in [-0.05, 0) is 50.9 Å². The second kappa shape index (κ2) is 13.0. The summed E-state index contributed by atoms with van der Waals surface area (Å²) in [7, 11) is -1.18. The van der Waals surface area contributed by atoms with Crippen molar-refractivity contribution in [1.82, 2.24) is 24.1 Å². The first-order chi connectivity index (χ1) is 18.6. The largest absolute Gasteiger partial charge is 0.337 e. The molecule has 0 radical (unpaired) electrons. The number of hydrogen-bond donors (Lipinski definition) is 0. The van der Waals surface area contributed by atoms with Crippen molar-refractivity contribution in [1.29, 1.82) is 0 Å². The molecule has 2 aliphatic rings. The Balaban J connectivity index is 1.42. The van der Waals surface area contributed by atoms with E-state index < -0.39 is 10.0 Å². The molecule has 1 aromatic heterocycles. The Kier molecular flexibility index (Phi) is 9.68. The number of para-hydroxylation sites is 1. The molecule has 0 bridgehead atoms. The number of sulfonamides is 1. The van der Waals surface area contributed by atoms with E-state index in [4.69, 9.17) is 0 Å². The molecule has 0 saturated carbocycles. The molecule has 4 rings (SSSR count). The molecule has 212 valence electrons. The summed E-state index contributed by atoms with van der Waals surface area (Å²) in [5.74, 6) is 0.0664. The molecule has 2 aliphatic heterocycles. The molecule has 1 atom stereocenters. The molecule has 0 spiro atoms. The highest BCUT2D eigenvalue weighted by atomic mass is 32.2. The van der Waals surface area contributed by atoms with Crippen LogP contribution in [0.1, 0.15) is 55.5 Å². The zero-order valence-electron chi connectivity index (χ0n) is 23.3. The minimum Gasteiger partial charge on any atom is -0.337 e. The van der Waals surface area contributed by atoms with E-state index in [1.54, 1.807) is 19.3 Å². The second-order valence-electron chi connectivity index (χ2n) is 10.7. The lowest BCUT2D eigenvalue weighted by atomic mass is 9.96. The molecule has 1 unspecified atom stereocenters. The lowest BCUT2D eigenvalue weighted by Gasteiger charge is -2.30. The first-order valence-corrected chi connectivity index (χ1v) is 15.5. The molecule has 1 saturated heterocycles. The number of nitrogens with zero attached hydrogens (tertiary/aromatic N) is 6. The highest BCUT2D eigenvalue weighted by Crippen LogP contribution is 2.27. The predicted octanol–water partition coefficient (Wildman–Crippen LogP) is 2.27. The molecule has 1 fully saturated rings. The molecule has 10 nitrogen and oxygen atoms in total. The average molecular weight is 557 g/mol. The van der Waals surface area contributed by atoms with Crippen molar-refractivity contribution in [3.05, 3.63) is 53.6 Å². The maximum absolute atomic E-state index is 13.4. The Morgan fingerprint density at radius 2 is 1.79 bits per heavy atom. The van der Waals surface area contributed by atoms with Gasteiger partial charge in [0.25, 0.3) is 0 Å². The van der Waals surface area contributed by atoms with E-state index >= 15 is 0 Å². The average Bonchev–Trinajstić information content (AvgIpc) is 2.95. The van der Waals surface area contributed by atoms with Gasteiger partial charge in [-0.15, -0.1) is 0 Å². The van der Waals surface area contributed by atoms with Crippen molar-refractivity contribution in [3.63, 3.8) is 0 Å². The van der Waals surface area contributed by atoms with E-state index in [1.165, 1.54) is 10.6 Å². The number of benzene rings is 1. The summed E-state index contributed by atoms with van der Waals surface area (Å²) in [6.45, 7) is 5.86. The minimum atomic E-state index is -3.22. The van der Waals surface area contributed by atoms with E-state index in [2.05, 4.69) is 14.9 Å². The van der Waals surface area contributed by atoms with Crippen molar-refractivity contribution in [2.75, 3.05) is 57.5 Å². The van der Waals surface area contributed by atoms with Crippen LogP contribution in [-0.2, 0) is 32.6 Å². The summed E-state index contributed by atoms with van der Waals surface area (Å²) in [4.78, 5) is 40.9. The molecule has 2 amide bonds. The van der Waals surface area contributed by atoms with Crippen LogP contribution in [0.15, 0.2) is 36.7 Å². The van der Waals surface area contributed by atoms with Gasteiger partial charge in [-0.2, -0.15) is 0 Å². The number of aryl methyl sites for hydroxylation is 1. The molecule has 11 heteroatoms. The number of carbonyl (C=O) groups is 2. The van der Waals surface area contributed by atoms with Gasteiger partial charge in [0, 0.05) is 76.6 Å². The van der Waals surface area contributed by atoms with Gasteiger partial charge in [-0.25, -0.2) is 12.7 Å². The van der Waals surface area contributed by atoms with Crippen LogP contribution in [0.4, 0.5) is 5.69 Å². The van der Waals surface area contributed by atoms with Crippen molar-refractivity contribution in [3.8, 4) is 0 Å². The van der Waals surface area contributed by atoms with E-state index in [9.17, 15) is 18.0 Å². The molecule has 2 aromatic rings. The first kappa shape index (κ1) is 29.1. The number of fused-ring (bicyclic) bond motifs is 1. The zero-order valence-corrected chi connectivity index (χ0v) is 24.1. The maximum Gasteiger partial charge on any atom is 0.223 e. The number of carbonyl (C=O) groups excluding carboxylic acids is 2. The van der Waals surface area contributed by atoms with Crippen molar-refractivity contribution in [2.45, 2.75) is 51.5 Å². The number of rotatable bonds is 5. The molecule has 0 N–H and O–H groups in total. The van der Waals surface area contributed by atoms with Crippen molar-refractivity contribution < 1.29 is 18.0 Å². The Morgan fingerprint density at radius 1 is 1.00 bits per heavy atom. The first-order valence-electron chi connectivity index (χ1n) is 13.7. The molecule has 1 aromatic carbocycles. The van der Waals surface area contributed by atoms with Gasteiger partial charge >= 0.3 is 0 Å². The number of aromatic nitrogens is 2. The fourth-order valence-corrected chi connectivity index (χ4v) is 6.25. The summed E-state index contributed by atoms with van der Waals surface area (Å²) in [5.41, 5.74) is 3.36. The highest BCUT2D eigenvalue weighted by molar-refractivity contribution is 7.88. The van der Waals surface area contributed by atoms with Crippen LogP contribution in [0, 0.1) is 0 Å². The number of likely N-dealkylation sites (N-methyl/N-ethyl adjacent to an activating group) is 1. The number of hydrogen-bond acceptors (Lipinski definition) is 7. The van der Waals surface area contributed by atoms with Crippen molar-refractivity contribution in [2.24, 2.45) is 0 Å². The van der Waals surface area contributed by atoms with Gasteiger partial charge < -0.3 is 14.7 Å². The third kappa shape index (κ3) is 7.83. The zero-order chi connectivity index (χ0) is 28.0. The van der Waals surface area contributed by atoms with E-state index in [1.807, 2.05) is 41.1 Å². The Morgan fingerprint density at radius 3 is 2.51 bits per heavy atom. The van der Waals surface area contributed by atoms with Crippen LogP contribution >= 0.6 is 0 Å². The third-order valence-corrected chi connectivity index (χ3v) is 8.91. The smallest absolute Gasteiger partial charge is 0.223 e. The lowest BCUT2D eigenvalue weighted by Crippen LogP contribution is -2.38. The van der Waals surface area contributed by atoms with Crippen molar-refractivity contribution >= 4 is 27.5 Å². The summed E-state index contributed by atoms with van der Waals surface area (Å²) < 4.78 is 25.4. The van der Waals surface area contributed by atoms with E-state index in [0.29, 0.717) is 45.6 Å². The van der Waals surface area contributed by atoms with Crippen LogP contribution in [0.5, 0.6) is 0 Å². The van der Waals surface area contributed by atoms with Gasteiger partial charge in [0.15, 0.2) is 0 Å². The quantitative estimate of drug-likeness (QED) is 0.556. The van der Waals surface area contributed by atoms with Gasteiger partial charge in [0.1, 0.15) is 0 Å². The van der Waals surface area contributed by atoms with Gasteiger partial charge in [0.05, 0.1) is 17.6 Å². The molecule has 0 aliphatic carbocycles. The SMILES string of the molecule is CC(=O)N1CCCN(C)CCN(C(=O)CCc2cnc(C3CCCN(S(C)(=O)=O)C3)cn2)Cc2ccccc21. The van der Waals surface area contributed by atoms with Crippen LogP contribution in [0.25, 0.3) is 0 Å². The monoisotopic (exact) mass is 556 g/mol. The standard InChI is InChI=1S/C28H40N6O4S/c1-22(35)34-15-7-13-31(2)16-17-32(20-24-8-4-5-10-27(24)34)28(36)12-11-25-18-30-26(19-29-25)23-9-6-14-33(21-23)39(3,37)38/h4-5,8,10,18-19,23H,6-7,9,11-17,20-21H2,1-3H3. The summed E-state index contributed by atoms with van der Waals surface area (Å²) >= 11 is 0. The van der Waals surface area contributed by atoms with Crippen LogP contribution < -0.4 is 4.90 Å². The lowest BCUT2D eigenvalue weighted by molar-refractivity contribution is -0.132. The van der Waals surface area contributed by atoms with Crippen LogP contribution in [0.2, 0.25) is 0 Å². The maximum atomic E-state index is 13.4. The van der Waals surface area contributed by atoms with Gasteiger partial charge in [0.2, 0.25) is 21.8 Å². The van der Waals surface area contributed by atoms with E-state index in [0.717, 1.165) is 55.0 Å². The fraction of sp³-hybridized carbons (Fsp3) is 0.571. The minimum absolute atomic E-state index is 0.00139. The van der Waals surface area contributed by atoms with Crippen LogP contribution in [0.3, 0.4) is 0 Å². The molecular formula is C28H40N6O4S. The predicted molar refractivity (Wildman–Crippen MR) is 151 cm³/mol. The normalized spacial score (nSPS) is 20.2. The Labute approximate surface area is 232 Å². The van der Waals surface area contributed by atoms with Gasteiger partial charge in [-0.3, -0.25) is 19.6 Å². The Bertz CT molecular complexity index is 1250. The van der Waals surface area contributed by atoms with Gasteiger partial charge in [-0.1, -0.05) is 18.2 Å². The summed E-state index contributed by atoms with van der Waals surface area (Å²) in [5, 5.41) is 0. The molecule has 39 heavy (non-hydrogen) atoms. The number of piperidine rings is 1.